The zero-order valence-corrected chi connectivity index (χ0v) is 18.9. The number of rotatable bonds is 7. The zero-order valence-electron chi connectivity index (χ0n) is 18.9. The van der Waals surface area contributed by atoms with Gasteiger partial charge in [0.05, 0.1) is 17.2 Å². The summed E-state index contributed by atoms with van der Waals surface area (Å²) in [6, 6.07) is 5.65. The van der Waals surface area contributed by atoms with Crippen molar-refractivity contribution in [1.29, 1.82) is 0 Å². The third-order valence-electron chi connectivity index (χ3n) is 6.55. The van der Waals surface area contributed by atoms with Gasteiger partial charge in [0.2, 0.25) is 0 Å². The van der Waals surface area contributed by atoms with E-state index in [1.807, 2.05) is 19.1 Å². The van der Waals surface area contributed by atoms with Gasteiger partial charge in [0.1, 0.15) is 0 Å². The maximum atomic E-state index is 12.6. The van der Waals surface area contributed by atoms with E-state index in [0.29, 0.717) is 35.7 Å². The van der Waals surface area contributed by atoms with Crippen LogP contribution in [0.25, 0.3) is 10.9 Å². The van der Waals surface area contributed by atoms with Crippen molar-refractivity contribution in [1.82, 2.24) is 14.9 Å². The van der Waals surface area contributed by atoms with Crippen molar-refractivity contribution in [3.63, 3.8) is 0 Å². The molecule has 2 aromatic rings. The van der Waals surface area contributed by atoms with Crippen molar-refractivity contribution in [2.75, 3.05) is 0 Å². The molecule has 168 valence electrons. The third kappa shape index (κ3) is 5.51. The zero-order chi connectivity index (χ0) is 22.5. The van der Waals surface area contributed by atoms with Gasteiger partial charge in [-0.1, -0.05) is 38.8 Å². The Balaban J connectivity index is 1.48. The molecule has 0 aliphatic heterocycles. The number of benzene rings is 1. The lowest BCUT2D eigenvalue weighted by atomic mass is 9.78. The summed E-state index contributed by atoms with van der Waals surface area (Å²) in [4.78, 5) is 41.6. The van der Waals surface area contributed by atoms with Crippen molar-refractivity contribution in [3.8, 4) is 0 Å². The highest BCUT2D eigenvalue weighted by Crippen LogP contribution is 2.29. The van der Waals surface area contributed by atoms with Crippen LogP contribution in [0, 0.1) is 18.8 Å². The molecule has 1 aromatic heterocycles. The van der Waals surface area contributed by atoms with Gasteiger partial charge >= 0.3 is 5.97 Å². The maximum absolute atomic E-state index is 12.6. The van der Waals surface area contributed by atoms with Crippen LogP contribution in [-0.2, 0) is 20.9 Å². The molecule has 0 spiro atoms. The van der Waals surface area contributed by atoms with Gasteiger partial charge in [0.15, 0.2) is 6.10 Å². The van der Waals surface area contributed by atoms with Gasteiger partial charge in [-0.25, -0.2) is 4.98 Å². The highest BCUT2D eigenvalue weighted by Gasteiger charge is 2.30. The number of ether oxygens (including phenoxy) is 1. The Morgan fingerprint density at radius 3 is 2.84 bits per heavy atom. The number of aromatic nitrogens is 2. The minimum atomic E-state index is -0.829. The molecule has 1 amide bonds. The number of fused-ring (bicyclic) bond motifs is 1. The van der Waals surface area contributed by atoms with E-state index >= 15 is 0 Å². The lowest BCUT2D eigenvalue weighted by Gasteiger charge is -2.35. The van der Waals surface area contributed by atoms with Crippen LogP contribution in [0.4, 0.5) is 0 Å². The van der Waals surface area contributed by atoms with Crippen LogP contribution in [0.5, 0.6) is 0 Å². The predicted octanol–water partition coefficient (Wildman–Crippen LogP) is 3.36. The number of hydrogen-bond acceptors (Lipinski definition) is 5. The molecule has 1 aromatic carbocycles. The number of carbonyl (C=O) groups excluding carboxylic acids is 2. The minimum Gasteiger partial charge on any atom is -0.453 e. The number of esters is 1. The van der Waals surface area contributed by atoms with Crippen LogP contribution < -0.4 is 10.9 Å². The van der Waals surface area contributed by atoms with Crippen LogP contribution >= 0.6 is 0 Å². The van der Waals surface area contributed by atoms with Crippen molar-refractivity contribution >= 4 is 22.8 Å². The quantitative estimate of drug-likeness (QED) is 0.685. The van der Waals surface area contributed by atoms with Crippen LogP contribution in [0.1, 0.15) is 58.4 Å². The number of para-hydroxylation sites is 1. The molecule has 1 aliphatic carbocycles. The second-order valence-corrected chi connectivity index (χ2v) is 8.83. The molecule has 1 aliphatic rings. The summed E-state index contributed by atoms with van der Waals surface area (Å²) in [5.74, 6) is 0.307. The van der Waals surface area contributed by atoms with Gasteiger partial charge in [-0.2, -0.15) is 0 Å². The molecule has 0 bridgehead atoms. The van der Waals surface area contributed by atoms with Crippen LogP contribution in [0.2, 0.25) is 0 Å². The molecule has 7 heteroatoms. The Morgan fingerprint density at radius 2 is 2.06 bits per heavy atom. The van der Waals surface area contributed by atoms with E-state index in [0.717, 1.165) is 18.4 Å². The smallest absolute Gasteiger partial charge is 0.306 e. The molecule has 1 saturated carbocycles. The van der Waals surface area contributed by atoms with Crippen molar-refractivity contribution in [2.24, 2.45) is 11.8 Å². The lowest BCUT2D eigenvalue weighted by Crippen LogP contribution is -2.47. The van der Waals surface area contributed by atoms with E-state index in [2.05, 4.69) is 24.1 Å². The van der Waals surface area contributed by atoms with E-state index in [1.54, 1.807) is 13.0 Å². The van der Waals surface area contributed by atoms with E-state index in [9.17, 15) is 14.4 Å². The standard InChI is InChI=1S/C24H33N3O4/c1-15-8-6-11-20(17(15)3)26-23(29)18(4)31-21(28)12-7-13-27-14-25-22-16(2)9-5-10-19(22)24(27)30/h5,9-10,14-15,17-18,20H,6-8,11-13H2,1-4H3,(H,26,29)/t15-,17-,18-,20-/m1/s1. The Morgan fingerprint density at radius 1 is 1.29 bits per heavy atom. The second-order valence-electron chi connectivity index (χ2n) is 8.83. The molecule has 1 N–H and O–H groups in total. The summed E-state index contributed by atoms with van der Waals surface area (Å²) in [6.07, 6.45) is 4.51. The Bertz CT molecular complexity index is 1000. The molecule has 1 heterocycles. The highest BCUT2D eigenvalue weighted by atomic mass is 16.5. The molecule has 0 unspecified atom stereocenters. The number of aryl methyl sites for hydroxylation is 2. The Kier molecular flexibility index (Phi) is 7.46. The molecule has 0 saturated heterocycles. The predicted molar refractivity (Wildman–Crippen MR) is 120 cm³/mol. The number of amides is 1. The monoisotopic (exact) mass is 427 g/mol. The van der Waals surface area contributed by atoms with Crippen molar-refractivity contribution < 1.29 is 14.3 Å². The van der Waals surface area contributed by atoms with Crippen LogP contribution in [-0.4, -0.2) is 33.6 Å². The number of nitrogens with zero attached hydrogens (tertiary/aromatic N) is 2. The van der Waals surface area contributed by atoms with Crippen LogP contribution in [0.15, 0.2) is 29.3 Å². The van der Waals surface area contributed by atoms with Gasteiger partial charge in [-0.15, -0.1) is 0 Å². The lowest BCUT2D eigenvalue weighted by molar-refractivity contribution is -0.155. The van der Waals surface area contributed by atoms with Crippen LogP contribution in [0.3, 0.4) is 0 Å². The first kappa shape index (κ1) is 23.0. The fourth-order valence-electron chi connectivity index (χ4n) is 4.29. The maximum Gasteiger partial charge on any atom is 0.306 e. The van der Waals surface area contributed by atoms with Gasteiger partial charge < -0.3 is 10.1 Å². The summed E-state index contributed by atoms with van der Waals surface area (Å²) >= 11 is 0. The second kappa shape index (κ2) is 10.1. The molecular weight excluding hydrogens is 394 g/mol. The van der Waals surface area contributed by atoms with E-state index in [4.69, 9.17) is 4.74 Å². The highest BCUT2D eigenvalue weighted by molar-refractivity contribution is 5.83. The molecule has 31 heavy (non-hydrogen) atoms. The molecule has 7 nitrogen and oxygen atoms in total. The number of nitrogens with one attached hydrogen (secondary N) is 1. The fraction of sp³-hybridized carbons (Fsp3) is 0.583. The molecule has 1 fully saturated rings. The summed E-state index contributed by atoms with van der Waals surface area (Å²) in [7, 11) is 0. The number of carbonyl (C=O) groups is 2. The largest absolute Gasteiger partial charge is 0.453 e. The van der Waals surface area contributed by atoms with Crippen molar-refractivity contribution in [2.45, 2.75) is 78.5 Å². The van der Waals surface area contributed by atoms with Gasteiger partial charge in [-0.05, 0) is 50.2 Å². The first-order valence-corrected chi connectivity index (χ1v) is 11.2. The third-order valence-corrected chi connectivity index (χ3v) is 6.55. The van der Waals surface area contributed by atoms with Crippen molar-refractivity contribution in [3.05, 3.63) is 40.4 Å². The molecule has 4 atom stereocenters. The van der Waals surface area contributed by atoms with E-state index in [1.165, 1.54) is 17.3 Å². The molecule has 0 radical (unpaired) electrons. The first-order valence-electron chi connectivity index (χ1n) is 11.2. The minimum absolute atomic E-state index is 0.120. The Labute approximate surface area is 183 Å². The SMILES string of the molecule is Cc1cccc2c(=O)n(CCCC(=O)O[C@H](C)C(=O)N[C@@H]3CCC[C@@H](C)[C@H]3C)cnc12. The van der Waals surface area contributed by atoms with Gasteiger partial charge in [-0.3, -0.25) is 19.0 Å². The summed E-state index contributed by atoms with van der Waals surface area (Å²) < 4.78 is 6.83. The topological polar surface area (TPSA) is 90.3 Å². The average Bonchev–Trinajstić information content (AvgIpc) is 2.73. The fourth-order valence-corrected chi connectivity index (χ4v) is 4.29. The van der Waals surface area contributed by atoms with E-state index in [-0.39, 0.29) is 23.9 Å². The summed E-state index contributed by atoms with van der Waals surface area (Å²) in [5.41, 5.74) is 1.53. The number of hydrogen-bond donors (Lipinski definition) is 1. The van der Waals surface area contributed by atoms with Gasteiger partial charge in [0.25, 0.3) is 11.5 Å². The Hall–Kier alpha value is -2.70. The molecule has 3 rings (SSSR count). The normalized spacial score (nSPS) is 22.1. The van der Waals surface area contributed by atoms with Gasteiger partial charge in [0, 0.05) is 19.0 Å². The summed E-state index contributed by atoms with van der Waals surface area (Å²) in [6.45, 7) is 8.26. The van der Waals surface area contributed by atoms with E-state index < -0.39 is 12.1 Å². The average molecular weight is 428 g/mol. The summed E-state index contributed by atoms with van der Waals surface area (Å²) in [5, 5.41) is 3.62. The molecular formula is C24H33N3O4. The first-order chi connectivity index (χ1) is 14.8.